The third-order valence-corrected chi connectivity index (χ3v) is 10.9. The first-order valence-corrected chi connectivity index (χ1v) is 19.1. The molecule has 0 unspecified atom stereocenters. The molecule has 2 amide bonds. The second kappa shape index (κ2) is 19.1. The van der Waals surface area contributed by atoms with Crippen molar-refractivity contribution >= 4 is 18.2 Å². The lowest BCUT2D eigenvalue weighted by atomic mass is 9.87. The van der Waals surface area contributed by atoms with Crippen LogP contribution >= 0.6 is 0 Å². The van der Waals surface area contributed by atoms with Crippen LogP contribution < -0.4 is 0 Å². The molecule has 1 aliphatic carbocycles. The second-order valence-corrected chi connectivity index (χ2v) is 15.6. The second-order valence-electron chi connectivity index (χ2n) is 15.6. The predicted octanol–water partition coefficient (Wildman–Crippen LogP) is 5.85. The van der Waals surface area contributed by atoms with E-state index in [1.807, 2.05) is 52.0 Å². The number of ether oxygens (including phenoxy) is 3. The Labute approximate surface area is 299 Å². The van der Waals surface area contributed by atoms with Crippen LogP contribution in [0.1, 0.15) is 98.8 Å². The van der Waals surface area contributed by atoms with Crippen molar-refractivity contribution in [3.8, 4) is 0 Å². The first-order chi connectivity index (χ1) is 23.8. The number of likely N-dealkylation sites (tertiary alicyclic amines) is 1. The van der Waals surface area contributed by atoms with Gasteiger partial charge in [0.2, 0.25) is 0 Å². The molecule has 282 valence electrons. The van der Waals surface area contributed by atoms with E-state index in [4.69, 9.17) is 14.2 Å². The number of aliphatic hydroxyl groups is 2. The summed E-state index contributed by atoms with van der Waals surface area (Å²) in [5, 5.41) is 21.3. The Kier molecular flexibility index (Phi) is 15.2. The number of esters is 1. The summed E-state index contributed by atoms with van der Waals surface area (Å²) in [6.45, 7) is 13.4. The molecule has 2 saturated heterocycles. The van der Waals surface area contributed by atoms with Gasteiger partial charge in [0.1, 0.15) is 11.7 Å². The number of β-amino-alcohol motifs (C(OH)–C–C–N with tert-alkyl or cyclic N) is 1. The number of piperazine rings is 1. The highest BCUT2D eigenvalue weighted by atomic mass is 16.6. The van der Waals surface area contributed by atoms with Crippen molar-refractivity contribution in [1.29, 1.82) is 0 Å². The molecule has 11 nitrogen and oxygen atoms in total. The van der Waals surface area contributed by atoms with Crippen molar-refractivity contribution in [2.45, 2.75) is 129 Å². The number of amides is 2. The summed E-state index contributed by atoms with van der Waals surface area (Å²) in [5.74, 6) is -0.644. The molecule has 4 aliphatic rings. The summed E-state index contributed by atoms with van der Waals surface area (Å²) < 4.78 is 17.5. The summed E-state index contributed by atoms with van der Waals surface area (Å²) in [5.41, 5.74) is -0.485. The molecule has 4 rings (SSSR count). The predicted molar refractivity (Wildman–Crippen MR) is 192 cm³/mol. The fourth-order valence-electron chi connectivity index (χ4n) is 7.45. The van der Waals surface area contributed by atoms with E-state index in [0.29, 0.717) is 51.5 Å². The van der Waals surface area contributed by atoms with Gasteiger partial charge in [0.25, 0.3) is 0 Å². The van der Waals surface area contributed by atoms with Crippen molar-refractivity contribution < 1.29 is 38.8 Å². The van der Waals surface area contributed by atoms with Crippen LogP contribution in [0.15, 0.2) is 36.0 Å². The number of rotatable bonds is 7. The molecule has 2 N–H and O–H groups in total. The standard InChI is InChI=1S/C39H63N3O8/c1-28-17-19-39(5,47)34(49-38(46)41-23-21-40(22-24-41)32-13-8-6-7-9-14-32)16-15-31(4)36(50-35(44)25-28)30(3)12-10-11-29(2)27-48-37(45)42-20-18-33(43)26-42/h10-12,15-16,28-29,31-34,36,43,47H,6-9,13-14,17-27H2,1-5H3/b11-10+,16-15+,30-12+/t28-,29-,31+,33-,34+,36-,39-/m1/s1. The first-order valence-electron chi connectivity index (χ1n) is 19.1. The molecule has 3 aliphatic heterocycles. The number of hydrogen-bond acceptors (Lipinski definition) is 9. The van der Waals surface area contributed by atoms with Crippen LogP contribution in [0.3, 0.4) is 0 Å². The highest BCUT2D eigenvalue weighted by Crippen LogP contribution is 2.29. The van der Waals surface area contributed by atoms with Crippen molar-refractivity contribution in [3.05, 3.63) is 36.0 Å². The van der Waals surface area contributed by atoms with Gasteiger partial charge in [-0.05, 0) is 63.5 Å². The Morgan fingerprint density at radius 2 is 1.70 bits per heavy atom. The number of nitrogens with zero attached hydrogens (tertiary/aromatic N) is 3. The minimum Gasteiger partial charge on any atom is -0.457 e. The smallest absolute Gasteiger partial charge is 0.410 e. The van der Waals surface area contributed by atoms with Crippen LogP contribution in [0.5, 0.6) is 0 Å². The zero-order chi connectivity index (χ0) is 36.3. The number of aliphatic hydroxyl groups excluding tert-OH is 1. The highest BCUT2D eigenvalue weighted by molar-refractivity contribution is 5.70. The summed E-state index contributed by atoms with van der Waals surface area (Å²) in [7, 11) is 0. The van der Waals surface area contributed by atoms with Gasteiger partial charge < -0.3 is 34.2 Å². The van der Waals surface area contributed by atoms with Crippen LogP contribution in [-0.2, 0) is 19.0 Å². The van der Waals surface area contributed by atoms with Crippen molar-refractivity contribution in [3.63, 3.8) is 0 Å². The molecular formula is C39H63N3O8. The van der Waals surface area contributed by atoms with Crippen LogP contribution in [-0.4, -0.2) is 119 Å². The molecule has 11 heteroatoms. The lowest BCUT2D eigenvalue weighted by Crippen LogP contribution is -2.53. The lowest BCUT2D eigenvalue weighted by molar-refractivity contribution is -0.150. The maximum absolute atomic E-state index is 13.5. The Balaban J connectivity index is 1.39. The normalized spacial score (nSPS) is 32.8. The molecule has 0 aromatic heterocycles. The van der Waals surface area contributed by atoms with Gasteiger partial charge in [-0.3, -0.25) is 9.69 Å². The Morgan fingerprint density at radius 3 is 2.36 bits per heavy atom. The van der Waals surface area contributed by atoms with Crippen molar-refractivity contribution in [2.24, 2.45) is 17.8 Å². The lowest BCUT2D eigenvalue weighted by Gasteiger charge is -2.40. The van der Waals surface area contributed by atoms with Gasteiger partial charge in [-0.2, -0.15) is 0 Å². The maximum Gasteiger partial charge on any atom is 0.410 e. The Morgan fingerprint density at radius 1 is 1.00 bits per heavy atom. The molecular weight excluding hydrogens is 638 g/mol. The van der Waals surface area contributed by atoms with Gasteiger partial charge in [-0.25, -0.2) is 9.59 Å². The maximum atomic E-state index is 13.5. The van der Waals surface area contributed by atoms with E-state index in [-0.39, 0.29) is 36.8 Å². The van der Waals surface area contributed by atoms with E-state index in [2.05, 4.69) is 4.90 Å². The van der Waals surface area contributed by atoms with E-state index in [0.717, 1.165) is 18.7 Å². The third kappa shape index (κ3) is 12.1. The number of carbonyl (C=O) groups excluding carboxylic acids is 3. The number of cyclic esters (lactones) is 1. The van der Waals surface area contributed by atoms with E-state index in [1.165, 1.54) is 43.4 Å². The third-order valence-electron chi connectivity index (χ3n) is 10.9. The van der Waals surface area contributed by atoms with E-state index < -0.39 is 36.1 Å². The van der Waals surface area contributed by atoms with Gasteiger partial charge in [-0.15, -0.1) is 0 Å². The van der Waals surface area contributed by atoms with Crippen LogP contribution in [0.2, 0.25) is 0 Å². The van der Waals surface area contributed by atoms with E-state index in [1.54, 1.807) is 17.9 Å². The summed E-state index contributed by atoms with van der Waals surface area (Å²) in [6.07, 6.45) is 16.0. The monoisotopic (exact) mass is 701 g/mol. The minimum atomic E-state index is -1.32. The Hall–Kier alpha value is -2.89. The molecule has 0 radical (unpaired) electrons. The van der Waals surface area contributed by atoms with E-state index in [9.17, 15) is 24.6 Å². The molecule has 1 saturated carbocycles. The molecule has 7 atom stereocenters. The summed E-state index contributed by atoms with van der Waals surface area (Å²) in [4.78, 5) is 44.6. The average Bonchev–Trinajstić information content (AvgIpc) is 3.34. The molecule has 0 aromatic rings. The Bertz CT molecular complexity index is 1200. The van der Waals surface area contributed by atoms with Crippen LogP contribution in [0.25, 0.3) is 0 Å². The van der Waals surface area contributed by atoms with Crippen molar-refractivity contribution in [2.75, 3.05) is 45.9 Å². The van der Waals surface area contributed by atoms with Gasteiger partial charge >= 0.3 is 18.2 Å². The zero-order valence-electron chi connectivity index (χ0n) is 31.1. The summed E-state index contributed by atoms with van der Waals surface area (Å²) in [6, 6.07) is 0.605. The molecule has 50 heavy (non-hydrogen) atoms. The number of allylic oxidation sites excluding steroid dienone is 2. The fraction of sp³-hybridized carbons (Fsp3) is 0.769. The largest absolute Gasteiger partial charge is 0.457 e. The number of hydrogen-bond donors (Lipinski definition) is 2. The van der Waals surface area contributed by atoms with Gasteiger partial charge in [0.05, 0.1) is 12.7 Å². The quantitative estimate of drug-likeness (QED) is 0.110. The van der Waals surface area contributed by atoms with Crippen LogP contribution in [0.4, 0.5) is 9.59 Å². The van der Waals surface area contributed by atoms with Gasteiger partial charge in [0.15, 0.2) is 6.10 Å². The van der Waals surface area contributed by atoms with E-state index >= 15 is 0 Å². The highest BCUT2D eigenvalue weighted by Gasteiger charge is 2.37. The van der Waals surface area contributed by atoms with Crippen molar-refractivity contribution in [1.82, 2.24) is 14.7 Å². The topological polar surface area (TPSA) is 129 Å². The van der Waals surface area contributed by atoms with Crippen LogP contribution in [0, 0.1) is 17.8 Å². The number of carbonyl (C=O) groups is 3. The SMILES string of the molecule is C/C(=C\C=C\[C@@H](C)COC(=O)N1CC[C@@H](O)C1)[C@H]1OC(=O)C[C@H](C)CC[C@@](C)(O)[C@@H](OC(=O)N2CCN(C3CCCCCC3)CC2)/C=C/[C@@H]1C. The molecule has 0 aromatic carbocycles. The average molecular weight is 702 g/mol. The zero-order valence-corrected chi connectivity index (χ0v) is 31.1. The first kappa shape index (κ1) is 39.9. The molecule has 0 bridgehead atoms. The summed E-state index contributed by atoms with van der Waals surface area (Å²) >= 11 is 0. The fourth-order valence-corrected chi connectivity index (χ4v) is 7.45. The molecule has 3 heterocycles. The van der Waals surface area contributed by atoms with Gasteiger partial charge in [-0.1, -0.05) is 70.8 Å². The van der Waals surface area contributed by atoms with Gasteiger partial charge in [0, 0.05) is 63.6 Å². The minimum absolute atomic E-state index is 0.0293. The molecule has 0 spiro atoms. The molecule has 3 fully saturated rings.